The fraction of sp³-hybridized carbons (Fsp3) is 0.867. The fourth-order valence-corrected chi connectivity index (χ4v) is 3.08. The molecule has 0 spiro atoms. The highest BCUT2D eigenvalue weighted by atomic mass is 16.5. The van der Waals surface area contributed by atoms with Crippen molar-refractivity contribution in [3.8, 4) is 0 Å². The Morgan fingerprint density at radius 1 is 1.36 bits per heavy atom. The molecule has 0 aromatic rings. The first-order chi connectivity index (χ1) is 10.5. The van der Waals surface area contributed by atoms with Crippen LogP contribution in [0.2, 0.25) is 0 Å². The number of likely N-dealkylation sites (N-methyl/N-ethyl adjacent to an activating group) is 1. The third-order valence-corrected chi connectivity index (χ3v) is 4.44. The average molecular weight is 313 g/mol. The van der Waals surface area contributed by atoms with E-state index < -0.39 is 0 Å². The summed E-state index contributed by atoms with van der Waals surface area (Å²) in [5, 5.41) is 0. The first kappa shape index (κ1) is 17.2. The van der Waals surface area contributed by atoms with Gasteiger partial charge >= 0.3 is 0 Å². The van der Waals surface area contributed by atoms with E-state index in [2.05, 4.69) is 4.90 Å². The zero-order valence-electron chi connectivity index (χ0n) is 13.8. The number of rotatable bonds is 5. The molecule has 22 heavy (non-hydrogen) atoms. The fourth-order valence-electron chi connectivity index (χ4n) is 3.08. The van der Waals surface area contributed by atoms with E-state index in [1.807, 2.05) is 4.90 Å². The summed E-state index contributed by atoms with van der Waals surface area (Å²) in [4.78, 5) is 29.6. The lowest BCUT2D eigenvalue weighted by Crippen LogP contribution is -2.55. The summed E-state index contributed by atoms with van der Waals surface area (Å²) in [6.45, 7) is 3.36. The molecule has 2 aliphatic rings. The van der Waals surface area contributed by atoms with Crippen molar-refractivity contribution in [1.29, 1.82) is 0 Å². The number of nitrogens with zero attached hydrogens (tertiary/aromatic N) is 3. The molecule has 2 aliphatic heterocycles. The Kier molecular flexibility index (Phi) is 6.16. The van der Waals surface area contributed by atoms with Crippen LogP contribution in [0.1, 0.15) is 12.8 Å². The molecule has 2 fully saturated rings. The Labute approximate surface area is 132 Å². The van der Waals surface area contributed by atoms with Crippen molar-refractivity contribution in [2.75, 3.05) is 60.6 Å². The van der Waals surface area contributed by atoms with Crippen molar-refractivity contribution in [2.24, 2.45) is 0 Å². The summed E-state index contributed by atoms with van der Waals surface area (Å²) in [5.74, 6) is 0.147. The summed E-state index contributed by atoms with van der Waals surface area (Å²) in [6.07, 6.45) is 1.75. The van der Waals surface area contributed by atoms with Gasteiger partial charge in [0, 0.05) is 40.8 Å². The van der Waals surface area contributed by atoms with Crippen molar-refractivity contribution in [1.82, 2.24) is 14.7 Å². The van der Waals surface area contributed by atoms with Crippen molar-refractivity contribution in [3.05, 3.63) is 0 Å². The van der Waals surface area contributed by atoms with Crippen molar-refractivity contribution < 1.29 is 19.1 Å². The minimum atomic E-state index is 0.0381. The van der Waals surface area contributed by atoms with Gasteiger partial charge in [-0.1, -0.05) is 0 Å². The molecular formula is C15H27N3O4. The molecule has 0 aromatic heterocycles. The van der Waals surface area contributed by atoms with Gasteiger partial charge in [0.05, 0.1) is 25.3 Å². The third-order valence-electron chi connectivity index (χ3n) is 4.44. The van der Waals surface area contributed by atoms with Gasteiger partial charge in [0.1, 0.15) is 6.61 Å². The normalized spacial score (nSPS) is 26.5. The zero-order chi connectivity index (χ0) is 16.1. The Morgan fingerprint density at radius 3 is 2.77 bits per heavy atom. The van der Waals surface area contributed by atoms with E-state index in [0.717, 1.165) is 25.9 Å². The molecule has 2 rings (SSSR count). The molecule has 0 unspecified atom stereocenters. The number of methoxy groups -OCH3 is 1. The largest absolute Gasteiger partial charge is 0.383 e. The maximum absolute atomic E-state index is 12.1. The van der Waals surface area contributed by atoms with E-state index in [0.29, 0.717) is 19.7 Å². The van der Waals surface area contributed by atoms with Crippen LogP contribution in [0.3, 0.4) is 0 Å². The Hall–Kier alpha value is -1.18. The molecular weight excluding hydrogens is 286 g/mol. The lowest BCUT2D eigenvalue weighted by molar-refractivity contribution is -0.158. The van der Waals surface area contributed by atoms with Crippen LogP contribution in [-0.2, 0) is 19.1 Å². The molecule has 0 radical (unpaired) electrons. The average Bonchev–Trinajstić information content (AvgIpc) is 2.69. The first-order valence-electron chi connectivity index (χ1n) is 7.85. The summed E-state index contributed by atoms with van der Waals surface area (Å²) in [7, 11) is 5.19. The topological polar surface area (TPSA) is 62.3 Å². The smallest absolute Gasteiger partial charge is 0.249 e. The lowest BCUT2D eigenvalue weighted by Gasteiger charge is -2.40. The molecule has 2 amide bonds. The van der Waals surface area contributed by atoms with E-state index in [9.17, 15) is 9.59 Å². The number of ether oxygens (including phenoxy) is 2. The minimum absolute atomic E-state index is 0.0381. The molecule has 7 nitrogen and oxygen atoms in total. The second kappa shape index (κ2) is 7.89. The number of carbonyl (C=O) groups excluding carboxylic acids is 2. The maximum Gasteiger partial charge on any atom is 0.249 e. The van der Waals surface area contributed by atoms with Gasteiger partial charge in [-0.2, -0.15) is 0 Å². The molecule has 7 heteroatoms. The molecule has 0 saturated carbocycles. The quantitative estimate of drug-likeness (QED) is 0.679. The van der Waals surface area contributed by atoms with Crippen molar-refractivity contribution >= 4 is 11.8 Å². The summed E-state index contributed by atoms with van der Waals surface area (Å²) in [5.41, 5.74) is 0. The standard InChI is InChI=1S/C15H27N3O4/c1-16(2)14(19)10-17-6-4-12-13(5-7-17)22-11-15(20)18(12)8-9-21-3/h12-13H,4-11H2,1-3H3/t12-,13-/m0/s1. The van der Waals surface area contributed by atoms with Gasteiger partial charge in [0.2, 0.25) is 11.8 Å². The van der Waals surface area contributed by atoms with E-state index in [4.69, 9.17) is 9.47 Å². The molecule has 2 heterocycles. The number of hydrogen-bond donors (Lipinski definition) is 0. The minimum Gasteiger partial charge on any atom is -0.383 e. The van der Waals surface area contributed by atoms with Crippen molar-refractivity contribution in [3.63, 3.8) is 0 Å². The number of hydrogen-bond acceptors (Lipinski definition) is 5. The zero-order valence-corrected chi connectivity index (χ0v) is 13.8. The van der Waals surface area contributed by atoms with Crippen LogP contribution in [0.5, 0.6) is 0 Å². The maximum atomic E-state index is 12.1. The van der Waals surface area contributed by atoms with Gasteiger partial charge < -0.3 is 19.3 Å². The van der Waals surface area contributed by atoms with Gasteiger partial charge in [-0.3, -0.25) is 14.5 Å². The number of morpholine rings is 1. The van der Waals surface area contributed by atoms with Crippen LogP contribution >= 0.6 is 0 Å². The van der Waals surface area contributed by atoms with E-state index in [-0.39, 0.29) is 30.6 Å². The van der Waals surface area contributed by atoms with Gasteiger partial charge in [-0.25, -0.2) is 0 Å². The molecule has 2 saturated heterocycles. The summed E-state index contributed by atoms with van der Waals surface area (Å²) >= 11 is 0. The van der Waals surface area contributed by atoms with Crippen LogP contribution in [0.15, 0.2) is 0 Å². The van der Waals surface area contributed by atoms with Crippen LogP contribution < -0.4 is 0 Å². The number of carbonyl (C=O) groups is 2. The Morgan fingerprint density at radius 2 is 2.09 bits per heavy atom. The highest BCUT2D eigenvalue weighted by Gasteiger charge is 2.38. The highest BCUT2D eigenvalue weighted by molar-refractivity contribution is 5.79. The van der Waals surface area contributed by atoms with Gasteiger partial charge in [0.25, 0.3) is 0 Å². The predicted molar refractivity (Wildman–Crippen MR) is 81.5 cm³/mol. The molecule has 2 atom stereocenters. The van der Waals surface area contributed by atoms with Crippen LogP contribution in [0.25, 0.3) is 0 Å². The molecule has 0 aromatic carbocycles. The third kappa shape index (κ3) is 4.18. The van der Waals surface area contributed by atoms with Crippen LogP contribution in [0.4, 0.5) is 0 Å². The second-order valence-corrected chi connectivity index (χ2v) is 6.14. The first-order valence-corrected chi connectivity index (χ1v) is 7.85. The molecule has 126 valence electrons. The number of amides is 2. The number of fused-ring (bicyclic) bond motifs is 1. The predicted octanol–water partition coefficient (Wildman–Crippen LogP) is -0.587. The molecule has 0 N–H and O–H groups in total. The molecule has 0 bridgehead atoms. The monoisotopic (exact) mass is 313 g/mol. The number of likely N-dealkylation sites (tertiary alicyclic amines) is 1. The second-order valence-electron chi connectivity index (χ2n) is 6.14. The van der Waals surface area contributed by atoms with E-state index >= 15 is 0 Å². The summed E-state index contributed by atoms with van der Waals surface area (Å²) < 4.78 is 10.8. The van der Waals surface area contributed by atoms with E-state index in [1.165, 1.54) is 0 Å². The van der Waals surface area contributed by atoms with Gasteiger partial charge in [-0.15, -0.1) is 0 Å². The van der Waals surface area contributed by atoms with E-state index in [1.54, 1.807) is 26.1 Å². The SMILES string of the molecule is COCCN1C(=O)CO[C@H]2CCN(CC(=O)N(C)C)CC[C@@H]21. The van der Waals surface area contributed by atoms with Gasteiger partial charge in [-0.05, 0) is 12.8 Å². The molecule has 0 aliphatic carbocycles. The van der Waals surface area contributed by atoms with Crippen LogP contribution in [-0.4, -0.2) is 99.3 Å². The lowest BCUT2D eigenvalue weighted by atomic mass is 10.0. The highest BCUT2D eigenvalue weighted by Crippen LogP contribution is 2.24. The summed E-state index contributed by atoms with van der Waals surface area (Å²) in [6, 6.07) is 0.0934. The Bertz CT molecular complexity index is 402. The van der Waals surface area contributed by atoms with Gasteiger partial charge in [0.15, 0.2) is 0 Å². The van der Waals surface area contributed by atoms with Crippen LogP contribution in [0, 0.1) is 0 Å². The Balaban J connectivity index is 1.97. The van der Waals surface area contributed by atoms with Crippen molar-refractivity contribution in [2.45, 2.75) is 25.0 Å².